The van der Waals surface area contributed by atoms with Crippen molar-refractivity contribution in [2.45, 2.75) is 168 Å². The lowest BCUT2D eigenvalue weighted by molar-refractivity contribution is -0.150. The maximum absolute atomic E-state index is 12.6. The van der Waals surface area contributed by atoms with E-state index in [9.17, 15) is 9.59 Å². The molecule has 0 saturated carbocycles. The molecule has 1 unspecified atom stereocenters. The third-order valence-corrected chi connectivity index (χ3v) is 7.23. The first kappa shape index (κ1) is 39.6. The van der Waals surface area contributed by atoms with Crippen LogP contribution in [0.15, 0.2) is 60.8 Å². The van der Waals surface area contributed by atoms with Crippen LogP contribution in [0.4, 0.5) is 0 Å². The summed E-state index contributed by atoms with van der Waals surface area (Å²) in [4.78, 5) is 23.2. The lowest BCUT2D eigenvalue weighted by Gasteiger charge is -2.17. The Kier molecular flexibility index (Phi) is 31.3. The number of carboxylic acids is 1. The Labute approximate surface area is 259 Å². The average molecular weight is 585 g/mol. The van der Waals surface area contributed by atoms with Gasteiger partial charge in [0.05, 0.1) is 0 Å². The van der Waals surface area contributed by atoms with Crippen LogP contribution in [0.3, 0.4) is 0 Å². The summed E-state index contributed by atoms with van der Waals surface area (Å²) in [6.07, 6.45) is 45.1. The molecule has 0 aliphatic rings. The first-order chi connectivity index (χ1) is 20.6. The van der Waals surface area contributed by atoms with Gasteiger partial charge in [-0.05, 0) is 83.5 Å². The Hall–Kier alpha value is -2.36. The summed E-state index contributed by atoms with van der Waals surface area (Å²) in [6, 6.07) is 0. The van der Waals surface area contributed by atoms with Crippen LogP contribution in [-0.4, -0.2) is 23.1 Å². The predicted molar refractivity (Wildman–Crippen MR) is 181 cm³/mol. The van der Waals surface area contributed by atoms with Gasteiger partial charge in [-0.15, -0.1) is 0 Å². The molecular weight excluding hydrogens is 520 g/mol. The van der Waals surface area contributed by atoms with Gasteiger partial charge in [0.15, 0.2) is 0 Å². The van der Waals surface area contributed by atoms with Crippen molar-refractivity contribution in [3.8, 4) is 0 Å². The number of ether oxygens (including phenoxy) is 1. The lowest BCUT2D eigenvalue weighted by atomic mass is 10.0. The molecule has 0 spiro atoms. The number of rotatable bonds is 30. The molecule has 0 fully saturated rings. The summed E-state index contributed by atoms with van der Waals surface area (Å²) in [5.74, 6) is -0.766. The highest BCUT2D eigenvalue weighted by molar-refractivity contribution is 5.69. The molecule has 0 bridgehead atoms. The van der Waals surface area contributed by atoms with Crippen molar-refractivity contribution >= 4 is 11.9 Å². The van der Waals surface area contributed by atoms with Crippen LogP contribution in [0.2, 0.25) is 0 Å². The molecule has 0 aliphatic carbocycles. The first-order valence-electron chi connectivity index (χ1n) is 17.3. The zero-order chi connectivity index (χ0) is 30.8. The number of unbranched alkanes of at least 4 members (excludes halogenated alkanes) is 11. The Morgan fingerprint density at radius 1 is 0.548 bits per heavy atom. The van der Waals surface area contributed by atoms with E-state index in [4.69, 9.17) is 9.84 Å². The Morgan fingerprint density at radius 3 is 1.67 bits per heavy atom. The molecule has 0 heterocycles. The highest BCUT2D eigenvalue weighted by Crippen LogP contribution is 2.17. The first-order valence-corrected chi connectivity index (χ1v) is 17.3. The fraction of sp³-hybridized carbons (Fsp3) is 0.684. The van der Waals surface area contributed by atoms with Crippen molar-refractivity contribution in [2.75, 3.05) is 0 Å². The number of carbonyl (C=O) groups is 2. The smallest absolute Gasteiger partial charge is 0.306 e. The normalized spacial score (nSPS) is 13.0. The Morgan fingerprint density at radius 2 is 1.05 bits per heavy atom. The minimum Gasteiger partial charge on any atom is -0.481 e. The van der Waals surface area contributed by atoms with Gasteiger partial charge in [-0.2, -0.15) is 0 Å². The molecule has 0 aromatic rings. The molecule has 0 radical (unpaired) electrons. The second-order valence-electron chi connectivity index (χ2n) is 11.3. The van der Waals surface area contributed by atoms with Crippen molar-refractivity contribution in [1.29, 1.82) is 0 Å². The van der Waals surface area contributed by atoms with Gasteiger partial charge in [-0.25, -0.2) is 0 Å². The van der Waals surface area contributed by atoms with Crippen molar-refractivity contribution in [3.63, 3.8) is 0 Å². The van der Waals surface area contributed by atoms with Crippen molar-refractivity contribution < 1.29 is 19.4 Å². The number of carbonyl (C=O) groups excluding carboxylic acids is 1. The number of aliphatic carboxylic acids is 1. The Bertz CT molecular complexity index is 759. The molecule has 240 valence electrons. The van der Waals surface area contributed by atoms with Gasteiger partial charge < -0.3 is 9.84 Å². The van der Waals surface area contributed by atoms with Crippen molar-refractivity contribution in [1.82, 2.24) is 0 Å². The van der Waals surface area contributed by atoms with Gasteiger partial charge in [0.2, 0.25) is 0 Å². The third kappa shape index (κ3) is 32.2. The van der Waals surface area contributed by atoms with Crippen molar-refractivity contribution in [3.05, 3.63) is 60.8 Å². The summed E-state index contributed by atoms with van der Waals surface area (Å²) in [5, 5.41) is 8.79. The topological polar surface area (TPSA) is 63.6 Å². The van der Waals surface area contributed by atoms with E-state index in [0.29, 0.717) is 6.42 Å². The molecule has 0 aliphatic heterocycles. The summed E-state index contributed by atoms with van der Waals surface area (Å²) < 4.78 is 5.92. The average Bonchev–Trinajstić information content (AvgIpc) is 2.97. The number of esters is 1. The fourth-order valence-electron chi connectivity index (χ4n) is 4.68. The largest absolute Gasteiger partial charge is 0.481 e. The molecular formula is C38H64O4. The highest BCUT2D eigenvalue weighted by Gasteiger charge is 2.13. The van der Waals surface area contributed by atoms with Crippen LogP contribution in [0.5, 0.6) is 0 Å². The zero-order valence-electron chi connectivity index (χ0n) is 27.3. The van der Waals surface area contributed by atoms with Gasteiger partial charge in [-0.1, -0.05) is 126 Å². The van der Waals surface area contributed by atoms with E-state index < -0.39 is 5.97 Å². The number of hydrogen-bond donors (Lipinski definition) is 1. The predicted octanol–water partition coefficient (Wildman–Crippen LogP) is 11.8. The van der Waals surface area contributed by atoms with E-state index in [0.717, 1.165) is 89.9 Å². The van der Waals surface area contributed by atoms with Crippen LogP contribution in [0.1, 0.15) is 162 Å². The fourth-order valence-corrected chi connectivity index (χ4v) is 4.68. The zero-order valence-corrected chi connectivity index (χ0v) is 27.3. The molecule has 0 aromatic carbocycles. The molecule has 4 nitrogen and oxygen atoms in total. The van der Waals surface area contributed by atoms with Crippen LogP contribution < -0.4 is 0 Å². The number of carboxylic acid groups (broad SMARTS) is 1. The third-order valence-electron chi connectivity index (χ3n) is 7.23. The SMILES string of the molecule is CC/C=C\C/C=C\C/C=C\C/C=C\CCC(CCCCCCCC(=O)O)OC(=O)CCCCCCC/C=C\CCCC. The minimum absolute atomic E-state index is 0.0249. The van der Waals surface area contributed by atoms with Gasteiger partial charge in [0, 0.05) is 12.8 Å². The standard InChI is InChI=1S/C38H64O4/c1-3-5-7-9-11-13-15-16-18-19-21-24-28-32-36(33-29-25-23-26-30-34-37(39)40)42-38(41)35-31-27-22-20-17-14-12-10-8-6-4-2/h5,7,10-13,16,18,21,24,36H,3-4,6,8-9,14-15,17,19-20,22-23,25-35H2,1-2H3,(H,39,40)/b7-5-,12-10-,13-11-,18-16-,24-21-. The molecule has 0 aromatic heterocycles. The van der Waals surface area contributed by atoms with Gasteiger partial charge >= 0.3 is 11.9 Å². The van der Waals surface area contributed by atoms with Crippen LogP contribution in [-0.2, 0) is 14.3 Å². The quantitative estimate of drug-likeness (QED) is 0.0518. The van der Waals surface area contributed by atoms with Crippen LogP contribution in [0, 0.1) is 0 Å². The van der Waals surface area contributed by atoms with Gasteiger partial charge in [0.1, 0.15) is 6.10 Å². The van der Waals surface area contributed by atoms with E-state index in [1.165, 1.54) is 44.9 Å². The molecule has 4 heteroatoms. The molecule has 1 atom stereocenters. The Balaban J connectivity index is 4.27. The second-order valence-corrected chi connectivity index (χ2v) is 11.3. The molecule has 0 rings (SSSR count). The summed E-state index contributed by atoms with van der Waals surface area (Å²) in [5.41, 5.74) is 0. The van der Waals surface area contributed by atoms with E-state index in [2.05, 4.69) is 74.6 Å². The number of hydrogen-bond acceptors (Lipinski definition) is 3. The summed E-state index contributed by atoms with van der Waals surface area (Å²) >= 11 is 0. The minimum atomic E-state index is -0.715. The lowest BCUT2D eigenvalue weighted by Crippen LogP contribution is -2.18. The van der Waals surface area contributed by atoms with Crippen molar-refractivity contribution in [2.24, 2.45) is 0 Å². The maximum Gasteiger partial charge on any atom is 0.306 e. The summed E-state index contributed by atoms with van der Waals surface area (Å²) in [6.45, 7) is 4.38. The molecule has 0 amide bonds. The summed E-state index contributed by atoms with van der Waals surface area (Å²) in [7, 11) is 0. The second kappa shape index (κ2) is 33.1. The highest BCUT2D eigenvalue weighted by atomic mass is 16.5. The monoisotopic (exact) mass is 584 g/mol. The van der Waals surface area contributed by atoms with Crippen LogP contribution >= 0.6 is 0 Å². The van der Waals surface area contributed by atoms with E-state index >= 15 is 0 Å². The maximum atomic E-state index is 12.6. The van der Waals surface area contributed by atoms with E-state index in [1.807, 2.05) is 0 Å². The molecule has 42 heavy (non-hydrogen) atoms. The van der Waals surface area contributed by atoms with E-state index in [1.54, 1.807) is 0 Å². The van der Waals surface area contributed by atoms with E-state index in [-0.39, 0.29) is 18.5 Å². The van der Waals surface area contributed by atoms with Gasteiger partial charge in [-0.3, -0.25) is 9.59 Å². The molecule has 0 saturated heterocycles. The van der Waals surface area contributed by atoms with Crippen LogP contribution in [0.25, 0.3) is 0 Å². The number of allylic oxidation sites excluding steroid dienone is 10. The molecule has 1 N–H and O–H groups in total. The van der Waals surface area contributed by atoms with Gasteiger partial charge in [0.25, 0.3) is 0 Å².